The van der Waals surface area contributed by atoms with Crippen LogP contribution < -0.4 is 5.56 Å². The maximum absolute atomic E-state index is 12.7. The molecule has 2 aromatic rings. The first-order valence-electron chi connectivity index (χ1n) is 7.49. The molecule has 1 N–H and O–H groups in total. The van der Waals surface area contributed by atoms with Gasteiger partial charge in [0.1, 0.15) is 0 Å². The molecule has 0 bridgehead atoms. The number of unbranched alkanes of at least 4 members (excludes halogenated alkanes) is 1. The fourth-order valence-corrected chi connectivity index (χ4v) is 2.97. The van der Waals surface area contributed by atoms with Crippen LogP contribution in [0.4, 0.5) is 0 Å². The van der Waals surface area contributed by atoms with Gasteiger partial charge in [-0.2, -0.15) is 0 Å². The number of fused-ring (bicyclic) bond motifs is 1. The molecule has 0 radical (unpaired) electrons. The van der Waals surface area contributed by atoms with E-state index in [4.69, 9.17) is 9.84 Å². The molecule has 1 heterocycles. The molecule has 0 spiro atoms. The molecule has 2 rings (SSSR count). The van der Waals surface area contributed by atoms with Crippen LogP contribution in [0.1, 0.15) is 30.1 Å². The summed E-state index contributed by atoms with van der Waals surface area (Å²) in [5.41, 5.74) is 0.697. The molecule has 23 heavy (non-hydrogen) atoms. The number of ether oxygens (including phenoxy) is 1. The summed E-state index contributed by atoms with van der Waals surface area (Å²) in [7, 11) is 1.31. The predicted octanol–water partition coefficient (Wildman–Crippen LogP) is 2.07. The lowest BCUT2D eigenvalue weighted by Crippen LogP contribution is -2.24. The first-order valence-corrected chi connectivity index (χ1v) is 8.47. The average Bonchev–Trinajstić information content (AvgIpc) is 2.58. The van der Waals surface area contributed by atoms with E-state index in [2.05, 4.69) is 11.9 Å². The van der Waals surface area contributed by atoms with E-state index in [1.807, 2.05) is 0 Å². The van der Waals surface area contributed by atoms with Crippen molar-refractivity contribution in [2.24, 2.45) is 0 Å². The van der Waals surface area contributed by atoms with Crippen molar-refractivity contribution in [3.8, 4) is 0 Å². The summed E-state index contributed by atoms with van der Waals surface area (Å²) in [6.07, 6.45) is 1.84. The van der Waals surface area contributed by atoms with Crippen molar-refractivity contribution in [3.05, 3.63) is 34.1 Å². The van der Waals surface area contributed by atoms with Crippen molar-refractivity contribution in [1.82, 2.24) is 9.55 Å². The number of methoxy groups -OCH3 is 1. The van der Waals surface area contributed by atoms with Crippen LogP contribution in [0.2, 0.25) is 0 Å². The smallest absolute Gasteiger partial charge is 0.337 e. The maximum atomic E-state index is 12.7. The van der Waals surface area contributed by atoms with Gasteiger partial charge in [-0.05, 0) is 24.6 Å². The number of esters is 1. The Labute approximate surface area is 138 Å². The van der Waals surface area contributed by atoms with Crippen molar-refractivity contribution in [2.75, 3.05) is 19.5 Å². The fraction of sp³-hybridized carbons (Fsp3) is 0.438. The van der Waals surface area contributed by atoms with Gasteiger partial charge in [-0.3, -0.25) is 9.36 Å². The fourth-order valence-electron chi connectivity index (χ4n) is 2.21. The maximum Gasteiger partial charge on any atom is 0.337 e. The van der Waals surface area contributed by atoms with E-state index in [0.29, 0.717) is 33.9 Å². The molecule has 0 saturated heterocycles. The van der Waals surface area contributed by atoms with Crippen LogP contribution in [0, 0.1) is 0 Å². The highest BCUT2D eigenvalue weighted by atomic mass is 32.2. The number of benzene rings is 1. The number of aliphatic hydroxyl groups excluding tert-OH is 1. The van der Waals surface area contributed by atoms with Gasteiger partial charge in [0.2, 0.25) is 0 Å². The van der Waals surface area contributed by atoms with Gasteiger partial charge in [0.15, 0.2) is 5.16 Å². The largest absolute Gasteiger partial charge is 0.465 e. The minimum atomic E-state index is -0.464. The van der Waals surface area contributed by atoms with Gasteiger partial charge in [0, 0.05) is 12.3 Å². The average molecular weight is 336 g/mol. The molecule has 0 fully saturated rings. The van der Waals surface area contributed by atoms with Crippen molar-refractivity contribution >= 4 is 28.6 Å². The Balaban J connectivity index is 2.57. The molecule has 1 aromatic carbocycles. The third-order valence-corrected chi connectivity index (χ3v) is 4.36. The van der Waals surface area contributed by atoms with Crippen molar-refractivity contribution in [2.45, 2.75) is 31.5 Å². The molecule has 0 saturated carbocycles. The van der Waals surface area contributed by atoms with Gasteiger partial charge >= 0.3 is 5.97 Å². The summed E-state index contributed by atoms with van der Waals surface area (Å²) >= 11 is 1.33. The molecule has 0 unspecified atom stereocenters. The zero-order chi connectivity index (χ0) is 16.8. The van der Waals surface area contributed by atoms with Gasteiger partial charge in [0.25, 0.3) is 5.56 Å². The molecule has 0 aliphatic heterocycles. The quantitative estimate of drug-likeness (QED) is 0.473. The van der Waals surface area contributed by atoms with Gasteiger partial charge in [-0.1, -0.05) is 25.1 Å². The molecule has 0 amide bonds. The first-order chi connectivity index (χ1) is 11.1. The lowest BCUT2D eigenvalue weighted by molar-refractivity contribution is 0.0601. The molecule has 1 aromatic heterocycles. The number of nitrogens with zero attached hydrogens (tertiary/aromatic N) is 2. The monoisotopic (exact) mass is 336 g/mol. The van der Waals surface area contributed by atoms with E-state index in [-0.39, 0.29) is 12.2 Å². The van der Waals surface area contributed by atoms with Crippen molar-refractivity contribution < 1.29 is 14.6 Å². The molecule has 0 aliphatic carbocycles. The summed E-state index contributed by atoms with van der Waals surface area (Å²) < 4.78 is 6.34. The Morgan fingerprint density at radius 2 is 2.22 bits per heavy atom. The zero-order valence-corrected chi connectivity index (χ0v) is 14.1. The Bertz CT molecular complexity index is 758. The van der Waals surface area contributed by atoms with E-state index in [1.165, 1.54) is 18.9 Å². The molecule has 124 valence electrons. The number of hydrogen-bond acceptors (Lipinski definition) is 6. The summed E-state index contributed by atoms with van der Waals surface area (Å²) in [6, 6.07) is 4.75. The minimum Gasteiger partial charge on any atom is -0.465 e. The summed E-state index contributed by atoms with van der Waals surface area (Å²) in [5, 5.41) is 10.1. The lowest BCUT2D eigenvalue weighted by atomic mass is 10.1. The van der Waals surface area contributed by atoms with Gasteiger partial charge in [-0.25, -0.2) is 9.78 Å². The topological polar surface area (TPSA) is 81.4 Å². The van der Waals surface area contributed by atoms with Gasteiger partial charge < -0.3 is 9.84 Å². The van der Waals surface area contributed by atoms with E-state index in [0.717, 1.165) is 12.8 Å². The standard InChI is InChI=1S/C16H20N2O4S/c1-3-4-7-18-14(20)12-6-5-11(15(21)22-2)10-13(12)17-16(18)23-9-8-19/h5-6,10,19H,3-4,7-9H2,1-2H3. The Hall–Kier alpha value is -1.86. The second-order valence-electron chi connectivity index (χ2n) is 5.00. The van der Waals surface area contributed by atoms with E-state index < -0.39 is 5.97 Å². The summed E-state index contributed by atoms with van der Waals surface area (Å²) in [5.74, 6) is -0.00533. The highest BCUT2D eigenvalue weighted by Crippen LogP contribution is 2.19. The van der Waals surface area contributed by atoms with E-state index in [9.17, 15) is 9.59 Å². The highest BCUT2D eigenvalue weighted by molar-refractivity contribution is 7.99. The minimum absolute atomic E-state index is 0.00848. The molecular formula is C16H20N2O4S. The number of hydrogen-bond donors (Lipinski definition) is 1. The molecule has 0 atom stereocenters. The van der Waals surface area contributed by atoms with Crippen LogP contribution in [0.15, 0.2) is 28.2 Å². The van der Waals surface area contributed by atoms with E-state index in [1.54, 1.807) is 22.8 Å². The Morgan fingerprint density at radius 1 is 1.43 bits per heavy atom. The SMILES string of the molecule is CCCCn1c(SCCO)nc2cc(C(=O)OC)ccc2c1=O. The number of thioether (sulfide) groups is 1. The third-order valence-electron chi connectivity index (χ3n) is 3.40. The third kappa shape index (κ3) is 3.92. The molecule has 6 nitrogen and oxygen atoms in total. The number of aromatic nitrogens is 2. The summed E-state index contributed by atoms with van der Waals surface area (Å²) in [6.45, 7) is 2.65. The van der Waals surface area contributed by atoms with Crippen LogP contribution in [-0.2, 0) is 11.3 Å². The lowest BCUT2D eigenvalue weighted by Gasteiger charge is -2.12. The summed E-state index contributed by atoms with van der Waals surface area (Å²) in [4.78, 5) is 28.8. The normalized spacial score (nSPS) is 10.9. The van der Waals surface area contributed by atoms with Crippen molar-refractivity contribution in [3.63, 3.8) is 0 Å². The number of rotatable bonds is 7. The van der Waals surface area contributed by atoms with Crippen LogP contribution in [0.3, 0.4) is 0 Å². The highest BCUT2D eigenvalue weighted by Gasteiger charge is 2.14. The van der Waals surface area contributed by atoms with Crippen LogP contribution in [-0.4, -0.2) is 40.1 Å². The predicted molar refractivity (Wildman–Crippen MR) is 90.1 cm³/mol. The second kappa shape index (κ2) is 8.12. The van der Waals surface area contributed by atoms with Crippen LogP contribution in [0.25, 0.3) is 10.9 Å². The second-order valence-corrected chi connectivity index (χ2v) is 6.06. The van der Waals surface area contributed by atoms with Gasteiger partial charge in [-0.15, -0.1) is 0 Å². The number of carbonyl (C=O) groups is 1. The first kappa shape index (κ1) is 17.5. The number of carbonyl (C=O) groups excluding carboxylic acids is 1. The molecule has 0 aliphatic rings. The van der Waals surface area contributed by atoms with Crippen LogP contribution in [0.5, 0.6) is 0 Å². The Morgan fingerprint density at radius 3 is 2.87 bits per heavy atom. The molecule has 7 heteroatoms. The Kier molecular flexibility index (Phi) is 6.18. The molecular weight excluding hydrogens is 316 g/mol. The van der Waals surface area contributed by atoms with Crippen LogP contribution >= 0.6 is 11.8 Å². The zero-order valence-electron chi connectivity index (χ0n) is 13.2. The number of aliphatic hydroxyl groups is 1. The van der Waals surface area contributed by atoms with Crippen molar-refractivity contribution in [1.29, 1.82) is 0 Å². The van der Waals surface area contributed by atoms with E-state index >= 15 is 0 Å². The van der Waals surface area contributed by atoms with Gasteiger partial charge in [0.05, 0.1) is 30.2 Å².